The van der Waals surface area contributed by atoms with Crippen molar-refractivity contribution >= 4 is 17.9 Å². The maximum Gasteiger partial charge on any atom is 0.408 e. The van der Waals surface area contributed by atoms with E-state index in [0.717, 1.165) is 0 Å². The fourth-order valence-corrected chi connectivity index (χ4v) is 3.85. The minimum Gasteiger partial charge on any atom is -0.507 e. The highest BCUT2D eigenvalue weighted by molar-refractivity contribution is 5.93. The third-order valence-corrected chi connectivity index (χ3v) is 5.68. The van der Waals surface area contributed by atoms with E-state index in [1.54, 1.807) is 45.9 Å². The molecule has 3 N–H and O–H groups in total. The summed E-state index contributed by atoms with van der Waals surface area (Å²) in [5, 5.41) is 16.7. The monoisotopic (exact) mass is 505 g/mol. The first-order valence-electron chi connectivity index (χ1n) is 12.6. The van der Waals surface area contributed by atoms with Gasteiger partial charge in [-0.25, -0.2) is 4.79 Å². The highest BCUT2D eigenvalue weighted by atomic mass is 16.6. The highest BCUT2D eigenvalue weighted by Gasteiger charge is 2.44. The van der Waals surface area contributed by atoms with E-state index in [1.165, 1.54) is 4.90 Å². The number of carbonyl (C=O) groups excluding carboxylic acids is 3. The van der Waals surface area contributed by atoms with E-state index in [1.807, 2.05) is 55.4 Å². The zero-order valence-corrected chi connectivity index (χ0v) is 24.2. The molecule has 3 amide bonds. The number of aromatic hydroxyl groups is 1. The molecule has 0 saturated carbocycles. The molecule has 3 atom stereocenters. The Kier molecular flexibility index (Phi) is 10.0. The van der Waals surface area contributed by atoms with E-state index in [2.05, 4.69) is 10.6 Å². The summed E-state index contributed by atoms with van der Waals surface area (Å²) in [7, 11) is 0. The summed E-state index contributed by atoms with van der Waals surface area (Å²) in [5.74, 6) is -1.15. The first kappa shape index (κ1) is 31.3. The highest BCUT2D eigenvalue weighted by Crippen LogP contribution is 2.37. The van der Waals surface area contributed by atoms with Crippen molar-refractivity contribution in [1.82, 2.24) is 15.5 Å². The van der Waals surface area contributed by atoms with Crippen molar-refractivity contribution in [3.05, 3.63) is 29.3 Å². The van der Waals surface area contributed by atoms with Gasteiger partial charge in [0.15, 0.2) is 0 Å². The number of rotatable bonds is 7. The molecule has 0 saturated heterocycles. The molecule has 204 valence electrons. The van der Waals surface area contributed by atoms with Gasteiger partial charge in [-0.05, 0) is 80.7 Å². The van der Waals surface area contributed by atoms with Gasteiger partial charge in [-0.15, -0.1) is 0 Å². The summed E-state index contributed by atoms with van der Waals surface area (Å²) in [4.78, 5) is 42.2. The number of benzene rings is 1. The first-order valence-corrected chi connectivity index (χ1v) is 12.6. The zero-order valence-electron chi connectivity index (χ0n) is 24.2. The van der Waals surface area contributed by atoms with Crippen LogP contribution in [0.15, 0.2) is 18.2 Å². The van der Waals surface area contributed by atoms with Crippen molar-refractivity contribution in [1.29, 1.82) is 0 Å². The van der Waals surface area contributed by atoms with Crippen LogP contribution in [0.2, 0.25) is 0 Å². The number of alkyl carbamates (subject to hydrolysis) is 1. The number of aryl methyl sites for hydroxylation is 1. The lowest BCUT2D eigenvalue weighted by Gasteiger charge is -2.44. The molecule has 1 aromatic carbocycles. The molecule has 0 aliphatic rings. The number of phenolic OH excluding ortho intramolecular Hbond substituents is 1. The molecule has 0 bridgehead atoms. The molecule has 8 heteroatoms. The third kappa shape index (κ3) is 8.71. The predicted octanol–water partition coefficient (Wildman–Crippen LogP) is 5.22. The molecule has 8 nitrogen and oxygen atoms in total. The summed E-state index contributed by atoms with van der Waals surface area (Å²) in [5.41, 5.74) is -1.24. The molecule has 0 fully saturated rings. The van der Waals surface area contributed by atoms with Gasteiger partial charge in [0.05, 0.1) is 0 Å². The quantitative estimate of drug-likeness (QED) is 0.471. The van der Waals surface area contributed by atoms with Crippen LogP contribution in [0.3, 0.4) is 0 Å². The van der Waals surface area contributed by atoms with Gasteiger partial charge in [-0.1, -0.05) is 38.5 Å². The number of phenols is 1. The van der Waals surface area contributed by atoms with E-state index >= 15 is 0 Å². The number of hydrogen-bond acceptors (Lipinski definition) is 5. The molecular formula is C28H47N3O5. The van der Waals surface area contributed by atoms with Crippen LogP contribution < -0.4 is 10.6 Å². The summed E-state index contributed by atoms with van der Waals surface area (Å²) < 4.78 is 5.43. The Balaban J connectivity index is 3.73. The van der Waals surface area contributed by atoms with E-state index in [-0.39, 0.29) is 11.7 Å². The van der Waals surface area contributed by atoms with Crippen LogP contribution >= 0.6 is 0 Å². The fourth-order valence-electron chi connectivity index (χ4n) is 3.85. The Hall–Kier alpha value is -2.77. The van der Waals surface area contributed by atoms with Gasteiger partial charge in [-0.3, -0.25) is 9.59 Å². The van der Waals surface area contributed by atoms with Gasteiger partial charge >= 0.3 is 6.09 Å². The third-order valence-electron chi connectivity index (χ3n) is 5.68. The zero-order chi connectivity index (χ0) is 28.2. The van der Waals surface area contributed by atoms with Crippen molar-refractivity contribution in [2.75, 3.05) is 0 Å². The number of amides is 3. The number of nitrogens with zero attached hydrogens (tertiary/aromatic N) is 1. The van der Waals surface area contributed by atoms with E-state index in [9.17, 15) is 19.5 Å². The average Bonchev–Trinajstić information content (AvgIpc) is 2.68. The second-order valence-electron chi connectivity index (χ2n) is 12.5. The van der Waals surface area contributed by atoms with E-state index in [0.29, 0.717) is 17.5 Å². The van der Waals surface area contributed by atoms with Crippen LogP contribution in [-0.4, -0.2) is 50.6 Å². The summed E-state index contributed by atoms with van der Waals surface area (Å²) >= 11 is 0. The molecular weight excluding hydrogens is 458 g/mol. The van der Waals surface area contributed by atoms with Crippen LogP contribution in [0.4, 0.5) is 4.79 Å². The van der Waals surface area contributed by atoms with Crippen molar-refractivity contribution in [2.24, 2.45) is 5.92 Å². The summed E-state index contributed by atoms with van der Waals surface area (Å²) in [6, 6.07) is 3.07. The standard InChI is InChI=1S/C28H47N3O5/c1-13-17(2)20(29-25(35)36-28(10,11)12)24(34)31(27(7,8)9)21(23(33)30-26(4,5)6)19-16-14-15-18(3)22(19)32/h14-17,20-21,32H,13H2,1-12H3,(H,29,35)(H,30,33). The molecule has 36 heavy (non-hydrogen) atoms. The van der Waals surface area contributed by atoms with Gasteiger partial charge in [0.25, 0.3) is 0 Å². The number of para-hydroxylation sites is 1. The second-order valence-corrected chi connectivity index (χ2v) is 12.5. The summed E-state index contributed by atoms with van der Waals surface area (Å²) in [6.07, 6.45) is -0.0947. The topological polar surface area (TPSA) is 108 Å². The molecule has 0 heterocycles. The average molecular weight is 506 g/mol. The van der Waals surface area contributed by atoms with Crippen molar-refractivity contribution in [3.63, 3.8) is 0 Å². The smallest absolute Gasteiger partial charge is 0.408 e. The normalized spacial score (nSPS) is 14.9. The molecule has 0 spiro atoms. The van der Waals surface area contributed by atoms with Crippen molar-refractivity contribution < 1.29 is 24.2 Å². The molecule has 3 unspecified atom stereocenters. The number of nitrogens with one attached hydrogen (secondary N) is 2. The predicted molar refractivity (Wildman–Crippen MR) is 143 cm³/mol. The fraction of sp³-hybridized carbons (Fsp3) is 0.679. The Morgan fingerprint density at radius 2 is 1.58 bits per heavy atom. The Bertz CT molecular complexity index is 938. The Labute approximate surface area is 217 Å². The van der Waals surface area contributed by atoms with Crippen molar-refractivity contribution in [3.8, 4) is 5.75 Å². The maximum absolute atomic E-state index is 14.3. The Morgan fingerprint density at radius 3 is 2.03 bits per heavy atom. The molecule has 0 aliphatic heterocycles. The number of hydrogen-bond donors (Lipinski definition) is 3. The summed E-state index contributed by atoms with van der Waals surface area (Å²) in [6.45, 7) is 21.8. The molecule has 0 aliphatic carbocycles. The van der Waals surface area contributed by atoms with E-state index < -0.39 is 46.7 Å². The maximum atomic E-state index is 14.3. The molecule has 1 rings (SSSR count). The number of carbonyl (C=O) groups is 3. The lowest BCUT2D eigenvalue weighted by atomic mass is 9.90. The van der Waals surface area contributed by atoms with Crippen LogP contribution in [0, 0.1) is 12.8 Å². The van der Waals surface area contributed by atoms with Gasteiger partial charge in [0.1, 0.15) is 23.4 Å². The molecule has 1 aromatic rings. The molecule has 0 radical (unpaired) electrons. The lowest BCUT2D eigenvalue weighted by Crippen LogP contribution is -2.61. The molecule has 0 aromatic heterocycles. The van der Waals surface area contributed by atoms with Gasteiger partial charge < -0.3 is 25.4 Å². The first-order chi connectivity index (χ1) is 16.2. The number of ether oxygens (including phenoxy) is 1. The van der Waals surface area contributed by atoms with Crippen LogP contribution in [0.1, 0.15) is 99.8 Å². The van der Waals surface area contributed by atoms with Gasteiger partial charge in [0, 0.05) is 16.6 Å². The minimum absolute atomic E-state index is 0.0474. The van der Waals surface area contributed by atoms with Crippen LogP contribution in [0.5, 0.6) is 5.75 Å². The lowest BCUT2D eigenvalue weighted by molar-refractivity contribution is -0.150. The van der Waals surface area contributed by atoms with Crippen molar-refractivity contribution in [2.45, 2.75) is 118 Å². The SMILES string of the molecule is CCC(C)C(NC(=O)OC(C)(C)C)C(=O)N(C(C(=O)NC(C)(C)C)c1cccc(C)c1O)C(C)(C)C. The largest absolute Gasteiger partial charge is 0.507 e. The van der Waals surface area contributed by atoms with Crippen LogP contribution in [-0.2, 0) is 14.3 Å². The van der Waals surface area contributed by atoms with E-state index in [4.69, 9.17) is 4.74 Å². The minimum atomic E-state index is -1.14. The second kappa shape index (κ2) is 11.5. The Morgan fingerprint density at radius 1 is 1.03 bits per heavy atom. The van der Waals surface area contributed by atoms with Crippen LogP contribution in [0.25, 0.3) is 0 Å². The van der Waals surface area contributed by atoms with Gasteiger partial charge in [0.2, 0.25) is 11.8 Å². The van der Waals surface area contributed by atoms with Gasteiger partial charge in [-0.2, -0.15) is 0 Å².